The summed E-state index contributed by atoms with van der Waals surface area (Å²) in [5.41, 5.74) is 0.960. The highest BCUT2D eigenvalue weighted by atomic mass is 32.2. The molecule has 3 rings (SSSR count). The summed E-state index contributed by atoms with van der Waals surface area (Å²) in [6.07, 6.45) is 1.80. The summed E-state index contributed by atoms with van der Waals surface area (Å²) in [6.45, 7) is 1.74. The molecule has 0 aliphatic rings. The van der Waals surface area contributed by atoms with Crippen LogP contribution in [0.5, 0.6) is 0 Å². The van der Waals surface area contributed by atoms with Crippen molar-refractivity contribution in [2.24, 2.45) is 5.14 Å². The van der Waals surface area contributed by atoms with Gasteiger partial charge in [0.05, 0.1) is 17.6 Å². The second-order valence-corrected chi connectivity index (χ2v) is 7.41. The fourth-order valence-corrected chi connectivity index (χ4v) is 3.03. The van der Waals surface area contributed by atoms with Gasteiger partial charge in [-0.3, -0.25) is 0 Å². The second-order valence-electron chi connectivity index (χ2n) is 5.90. The fraction of sp³-hybridized carbons (Fsp3) is 0.111. The molecular weight excluding hydrogens is 393 g/mol. The number of aromatic nitrogens is 3. The second kappa shape index (κ2) is 6.78. The molecule has 0 aliphatic carbocycles. The molecule has 3 aromatic rings. The van der Waals surface area contributed by atoms with E-state index in [1.54, 1.807) is 25.1 Å². The van der Waals surface area contributed by atoms with Crippen LogP contribution in [0.15, 0.2) is 47.6 Å². The number of rotatable bonds is 3. The van der Waals surface area contributed by atoms with E-state index in [4.69, 9.17) is 11.6 Å². The van der Waals surface area contributed by atoms with E-state index in [9.17, 15) is 21.6 Å². The van der Waals surface area contributed by atoms with Gasteiger partial charge in [-0.15, -0.1) is 6.42 Å². The van der Waals surface area contributed by atoms with Gasteiger partial charge in [0.25, 0.3) is 10.0 Å². The smallest absolute Gasteiger partial charge is 0.241 e. The highest BCUT2D eigenvalue weighted by Crippen LogP contribution is 2.33. The minimum Gasteiger partial charge on any atom is -0.241 e. The lowest BCUT2D eigenvalue weighted by Gasteiger charge is -2.09. The molecule has 2 N–H and O–H groups in total. The Morgan fingerprint density at radius 1 is 1.18 bits per heavy atom. The summed E-state index contributed by atoms with van der Waals surface area (Å²) in [5.74, 6) is 2.49. The lowest BCUT2D eigenvalue weighted by Crippen LogP contribution is -2.14. The van der Waals surface area contributed by atoms with E-state index in [1.165, 1.54) is 6.07 Å². The van der Waals surface area contributed by atoms with Crippen LogP contribution in [0.2, 0.25) is 0 Å². The fourth-order valence-electron chi connectivity index (χ4n) is 2.57. The van der Waals surface area contributed by atoms with Gasteiger partial charge < -0.3 is 0 Å². The minimum absolute atomic E-state index is 0.136. The van der Waals surface area contributed by atoms with E-state index in [-0.39, 0.29) is 11.4 Å². The van der Waals surface area contributed by atoms with Crippen molar-refractivity contribution < 1.29 is 21.6 Å². The molecule has 0 atom stereocenters. The summed E-state index contributed by atoms with van der Waals surface area (Å²) in [5, 5.41) is 8.21. The number of terminal acetylenes is 1. The SMILES string of the molecule is C#Cc1ccc(-c2cc(C(F)(F)F)nn2-c2ccc(S(N)(=O)=O)nc2)cc1C. The molecule has 28 heavy (non-hydrogen) atoms. The van der Waals surface area contributed by atoms with Crippen molar-refractivity contribution in [2.45, 2.75) is 18.1 Å². The van der Waals surface area contributed by atoms with Gasteiger partial charge in [0, 0.05) is 11.1 Å². The van der Waals surface area contributed by atoms with Gasteiger partial charge in [-0.1, -0.05) is 12.0 Å². The summed E-state index contributed by atoms with van der Waals surface area (Å²) in [6, 6.07) is 8.12. The van der Waals surface area contributed by atoms with Gasteiger partial charge in [-0.25, -0.2) is 23.2 Å². The molecule has 0 amide bonds. The molecule has 0 aliphatic heterocycles. The average Bonchev–Trinajstić information content (AvgIpc) is 3.07. The number of pyridine rings is 1. The third-order valence-corrected chi connectivity index (χ3v) is 4.76. The molecule has 1 aromatic carbocycles. The van der Waals surface area contributed by atoms with Crippen molar-refractivity contribution in [2.75, 3.05) is 0 Å². The molecule has 0 radical (unpaired) electrons. The molecule has 0 saturated heterocycles. The van der Waals surface area contributed by atoms with Crippen molar-refractivity contribution >= 4 is 10.0 Å². The van der Waals surface area contributed by atoms with Crippen LogP contribution in [0.25, 0.3) is 16.9 Å². The standard InChI is InChI=1S/C18H13F3N4O2S/c1-3-12-4-5-13(8-11(12)2)15-9-16(18(19,20)21)24-25(15)14-6-7-17(23-10-14)28(22,26)27/h1,4-10H,2H3,(H2,22,26,27). The molecule has 2 heterocycles. The Balaban J connectivity index is 2.19. The lowest BCUT2D eigenvalue weighted by atomic mass is 10.0. The van der Waals surface area contributed by atoms with Gasteiger partial charge in [0.15, 0.2) is 10.7 Å². The van der Waals surface area contributed by atoms with Gasteiger partial charge >= 0.3 is 6.18 Å². The minimum atomic E-state index is -4.66. The Kier molecular flexibility index (Phi) is 4.74. The van der Waals surface area contributed by atoms with E-state index in [2.05, 4.69) is 16.0 Å². The summed E-state index contributed by atoms with van der Waals surface area (Å²) >= 11 is 0. The van der Waals surface area contributed by atoms with Crippen LogP contribution in [0, 0.1) is 19.3 Å². The molecule has 6 nitrogen and oxygen atoms in total. The number of hydrogen-bond acceptors (Lipinski definition) is 4. The number of nitrogens with two attached hydrogens (primary N) is 1. The molecular formula is C18H13F3N4O2S. The maximum atomic E-state index is 13.2. The zero-order valence-corrected chi connectivity index (χ0v) is 15.2. The lowest BCUT2D eigenvalue weighted by molar-refractivity contribution is -0.141. The topological polar surface area (TPSA) is 90.9 Å². The Hall–Kier alpha value is -3.16. The van der Waals surface area contributed by atoms with Gasteiger partial charge in [0.2, 0.25) is 0 Å². The predicted octanol–water partition coefficient (Wildman–Crippen LogP) is 2.89. The Morgan fingerprint density at radius 3 is 2.39 bits per heavy atom. The maximum Gasteiger partial charge on any atom is 0.435 e. The van der Waals surface area contributed by atoms with Crippen molar-refractivity contribution in [1.29, 1.82) is 0 Å². The molecule has 0 spiro atoms. The molecule has 0 fully saturated rings. The molecule has 0 unspecified atom stereocenters. The molecule has 144 valence electrons. The average molecular weight is 406 g/mol. The van der Waals surface area contributed by atoms with Crippen molar-refractivity contribution in [1.82, 2.24) is 14.8 Å². The number of primary sulfonamides is 1. The number of alkyl halides is 3. The van der Waals surface area contributed by atoms with Crippen molar-refractivity contribution in [3.63, 3.8) is 0 Å². The van der Waals surface area contributed by atoms with Crippen LogP contribution in [0.4, 0.5) is 13.2 Å². The van der Waals surface area contributed by atoms with Gasteiger partial charge in [-0.05, 0) is 42.8 Å². The molecule has 10 heteroatoms. The first-order chi connectivity index (χ1) is 13.0. The first-order valence-corrected chi connectivity index (χ1v) is 9.29. The summed E-state index contributed by atoms with van der Waals surface area (Å²) < 4.78 is 63.3. The largest absolute Gasteiger partial charge is 0.435 e. The van der Waals surface area contributed by atoms with E-state index >= 15 is 0 Å². The van der Waals surface area contributed by atoms with Crippen LogP contribution >= 0.6 is 0 Å². The third kappa shape index (κ3) is 3.76. The molecule has 0 bridgehead atoms. The number of halogens is 3. The van der Waals surface area contributed by atoms with Crippen molar-refractivity contribution in [3.05, 3.63) is 59.4 Å². The van der Waals surface area contributed by atoms with E-state index < -0.39 is 26.9 Å². The summed E-state index contributed by atoms with van der Waals surface area (Å²) in [4.78, 5) is 3.70. The van der Waals surface area contributed by atoms with E-state index in [0.717, 1.165) is 23.0 Å². The van der Waals surface area contributed by atoms with Crippen molar-refractivity contribution in [3.8, 4) is 29.3 Å². The summed E-state index contributed by atoms with van der Waals surface area (Å²) in [7, 11) is -4.03. The van der Waals surface area contributed by atoms with E-state index in [1.807, 2.05) is 0 Å². The van der Waals surface area contributed by atoms with Crippen LogP contribution in [0.1, 0.15) is 16.8 Å². The van der Waals surface area contributed by atoms with E-state index in [0.29, 0.717) is 16.7 Å². The monoisotopic (exact) mass is 406 g/mol. The highest BCUT2D eigenvalue weighted by molar-refractivity contribution is 7.89. The van der Waals surface area contributed by atoms with Gasteiger partial charge in [-0.2, -0.15) is 18.3 Å². The Bertz CT molecular complexity index is 1190. The van der Waals surface area contributed by atoms with Crippen LogP contribution in [-0.2, 0) is 16.2 Å². The number of benzene rings is 1. The van der Waals surface area contributed by atoms with Gasteiger partial charge in [0.1, 0.15) is 0 Å². The zero-order chi connectivity index (χ0) is 20.7. The number of aryl methyl sites for hydroxylation is 1. The number of sulfonamides is 1. The third-order valence-electron chi connectivity index (χ3n) is 3.93. The van der Waals surface area contributed by atoms with Crippen LogP contribution < -0.4 is 5.14 Å². The number of hydrogen-bond donors (Lipinski definition) is 1. The quantitative estimate of drug-likeness (QED) is 0.677. The maximum absolute atomic E-state index is 13.2. The molecule has 0 saturated carbocycles. The Labute approximate surface area is 158 Å². The predicted molar refractivity (Wildman–Crippen MR) is 95.8 cm³/mol. The van der Waals surface area contributed by atoms with Crippen LogP contribution in [0.3, 0.4) is 0 Å². The molecule has 2 aromatic heterocycles. The normalized spacial score (nSPS) is 12.0. The van der Waals surface area contributed by atoms with Crippen LogP contribution in [-0.4, -0.2) is 23.2 Å². The Morgan fingerprint density at radius 2 is 1.89 bits per heavy atom. The highest BCUT2D eigenvalue weighted by Gasteiger charge is 2.35. The zero-order valence-electron chi connectivity index (χ0n) is 14.4. The number of nitrogens with zero attached hydrogens (tertiary/aromatic N) is 3. The first-order valence-electron chi connectivity index (χ1n) is 7.75. The first kappa shape index (κ1) is 19.6.